The highest BCUT2D eigenvalue weighted by Crippen LogP contribution is 2.07. The van der Waals surface area contributed by atoms with Crippen molar-refractivity contribution < 1.29 is 9.90 Å². The first kappa shape index (κ1) is 9.32. The predicted molar refractivity (Wildman–Crippen MR) is 51.3 cm³/mol. The fraction of sp³-hybridized carbons (Fsp3) is 0.100. The Labute approximate surface area is 76.5 Å². The summed E-state index contributed by atoms with van der Waals surface area (Å²) in [5.74, 6) is -0.927. The Morgan fingerprint density at radius 3 is 2.92 bits per heavy atom. The van der Waals surface area contributed by atoms with Gasteiger partial charge in [0.1, 0.15) is 0 Å². The number of carboxylic acids is 1. The number of rotatable bonds is 3. The van der Waals surface area contributed by atoms with Gasteiger partial charge in [0.2, 0.25) is 0 Å². The van der Waals surface area contributed by atoms with E-state index in [1.807, 2.05) is 18.2 Å². The molecule has 68 valence electrons. The molecule has 0 aromatic heterocycles. The predicted octanol–water partition coefficient (Wildman–Crippen LogP) is 1.45. The third kappa shape index (κ3) is 3.42. The number of hydrogen-bond donors (Lipinski definition) is 2. The molecule has 0 radical (unpaired) electrons. The summed E-state index contributed by atoms with van der Waals surface area (Å²) in [4.78, 5) is 10.1. The van der Waals surface area contributed by atoms with Crippen LogP contribution in [0.4, 0.5) is 5.69 Å². The highest BCUT2D eigenvalue weighted by molar-refractivity contribution is 5.79. The molecule has 0 spiro atoms. The van der Waals surface area contributed by atoms with Gasteiger partial charge in [-0.25, -0.2) is 4.79 Å². The molecule has 0 fully saturated rings. The van der Waals surface area contributed by atoms with E-state index in [0.29, 0.717) is 12.1 Å². The lowest BCUT2D eigenvalue weighted by molar-refractivity contribution is -0.131. The van der Waals surface area contributed by atoms with Gasteiger partial charge in [0.25, 0.3) is 0 Å². The van der Waals surface area contributed by atoms with Crippen LogP contribution in [0.5, 0.6) is 0 Å². The summed E-state index contributed by atoms with van der Waals surface area (Å²) in [5, 5.41) is 8.33. The zero-order chi connectivity index (χ0) is 9.68. The van der Waals surface area contributed by atoms with Gasteiger partial charge in [-0.05, 0) is 24.1 Å². The third-order valence-electron chi connectivity index (χ3n) is 1.57. The molecular weight excluding hydrogens is 166 g/mol. The molecule has 0 saturated carbocycles. The third-order valence-corrected chi connectivity index (χ3v) is 1.57. The highest BCUT2D eigenvalue weighted by atomic mass is 16.4. The van der Waals surface area contributed by atoms with Gasteiger partial charge in [0, 0.05) is 11.8 Å². The zero-order valence-corrected chi connectivity index (χ0v) is 7.10. The van der Waals surface area contributed by atoms with Gasteiger partial charge >= 0.3 is 5.97 Å². The Morgan fingerprint density at radius 2 is 2.31 bits per heavy atom. The fourth-order valence-electron chi connectivity index (χ4n) is 1.02. The minimum atomic E-state index is -0.927. The van der Waals surface area contributed by atoms with Gasteiger partial charge < -0.3 is 10.8 Å². The minimum absolute atomic E-state index is 0.595. The van der Waals surface area contributed by atoms with Crippen molar-refractivity contribution in [2.75, 3.05) is 5.73 Å². The number of aliphatic carboxylic acids is 1. The number of nitrogens with two attached hydrogens (primary N) is 1. The van der Waals surface area contributed by atoms with E-state index >= 15 is 0 Å². The molecule has 0 heterocycles. The molecule has 0 bridgehead atoms. The molecular formula is C10H11NO2. The van der Waals surface area contributed by atoms with Crippen LogP contribution in [0.25, 0.3) is 0 Å². The number of hydrogen-bond acceptors (Lipinski definition) is 2. The van der Waals surface area contributed by atoms with Crippen LogP contribution < -0.4 is 5.73 Å². The average molecular weight is 177 g/mol. The lowest BCUT2D eigenvalue weighted by atomic mass is 10.1. The maximum absolute atomic E-state index is 10.1. The number of carboxylic acid groups (broad SMARTS) is 1. The van der Waals surface area contributed by atoms with Gasteiger partial charge in [0.05, 0.1) is 0 Å². The topological polar surface area (TPSA) is 63.3 Å². The van der Waals surface area contributed by atoms with E-state index < -0.39 is 5.97 Å². The number of carbonyl (C=O) groups is 1. The molecule has 1 aromatic rings. The smallest absolute Gasteiger partial charge is 0.327 e. The molecule has 0 aliphatic carbocycles. The molecule has 3 heteroatoms. The molecule has 0 amide bonds. The van der Waals surface area contributed by atoms with Crippen LogP contribution in [-0.2, 0) is 11.2 Å². The monoisotopic (exact) mass is 177 g/mol. The SMILES string of the molecule is Nc1cccc(CC=CC(=O)O)c1. The van der Waals surface area contributed by atoms with E-state index in [1.165, 1.54) is 0 Å². The zero-order valence-electron chi connectivity index (χ0n) is 7.10. The molecule has 0 unspecified atom stereocenters. The Kier molecular flexibility index (Phi) is 3.09. The van der Waals surface area contributed by atoms with Gasteiger partial charge in [-0.15, -0.1) is 0 Å². The quantitative estimate of drug-likeness (QED) is 0.542. The molecule has 3 N–H and O–H groups in total. The summed E-state index contributed by atoms with van der Waals surface area (Å²) in [6.45, 7) is 0. The summed E-state index contributed by atoms with van der Waals surface area (Å²) in [6, 6.07) is 7.37. The van der Waals surface area contributed by atoms with Crippen LogP contribution in [0.3, 0.4) is 0 Å². The minimum Gasteiger partial charge on any atom is -0.478 e. The maximum atomic E-state index is 10.1. The van der Waals surface area contributed by atoms with Crippen LogP contribution in [0.1, 0.15) is 5.56 Å². The Bertz CT molecular complexity index is 331. The van der Waals surface area contributed by atoms with Crippen molar-refractivity contribution in [2.45, 2.75) is 6.42 Å². The Morgan fingerprint density at radius 1 is 1.54 bits per heavy atom. The van der Waals surface area contributed by atoms with E-state index in [2.05, 4.69) is 0 Å². The van der Waals surface area contributed by atoms with Gasteiger partial charge in [-0.1, -0.05) is 18.2 Å². The van der Waals surface area contributed by atoms with E-state index in [4.69, 9.17) is 10.8 Å². The van der Waals surface area contributed by atoms with E-state index in [-0.39, 0.29) is 0 Å². The van der Waals surface area contributed by atoms with Crippen LogP contribution in [0, 0.1) is 0 Å². The van der Waals surface area contributed by atoms with E-state index in [0.717, 1.165) is 11.6 Å². The normalized spacial score (nSPS) is 10.5. The van der Waals surface area contributed by atoms with Crippen molar-refractivity contribution in [2.24, 2.45) is 0 Å². The second-order valence-corrected chi connectivity index (χ2v) is 2.69. The fourth-order valence-corrected chi connectivity index (χ4v) is 1.02. The molecule has 0 atom stereocenters. The van der Waals surface area contributed by atoms with Crippen LogP contribution >= 0.6 is 0 Å². The number of anilines is 1. The van der Waals surface area contributed by atoms with Crippen molar-refractivity contribution in [3.63, 3.8) is 0 Å². The molecule has 1 aromatic carbocycles. The van der Waals surface area contributed by atoms with Gasteiger partial charge in [-0.2, -0.15) is 0 Å². The van der Waals surface area contributed by atoms with Crippen LogP contribution in [0.15, 0.2) is 36.4 Å². The Hall–Kier alpha value is -1.77. The molecule has 1 rings (SSSR count). The lowest BCUT2D eigenvalue weighted by Gasteiger charge is -1.96. The number of allylic oxidation sites excluding steroid dienone is 1. The summed E-state index contributed by atoms with van der Waals surface area (Å²) in [7, 11) is 0. The van der Waals surface area contributed by atoms with Crippen LogP contribution in [-0.4, -0.2) is 11.1 Å². The second kappa shape index (κ2) is 4.30. The van der Waals surface area contributed by atoms with Crippen molar-refractivity contribution in [3.8, 4) is 0 Å². The first-order valence-corrected chi connectivity index (χ1v) is 3.92. The second-order valence-electron chi connectivity index (χ2n) is 2.69. The van der Waals surface area contributed by atoms with Gasteiger partial charge in [0.15, 0.2) is 0 Å². The summed E-state index contributed by atoms with van der Waals surface area (Å²) in [5.41, 5.74) is 7.26. The molecule has 0 aliphatic heterocycles. The van der Waals surface area contributed by atoms with Gasteiger partial charge in [-0.3, -0.25) is 0 Å². The van der Waals surface area contributed by atoms with Crippen molar-refractivity contribution in [1.29, 1.82) is 0 Å². The van der Waals surface area contributed by atoms with Crippen molar-refractivity contribution >= 4 is 11.7 Å². The Balaban J connectivity index is 2.59. The molecule has 13 heavy (non-hydrogen) atoms. The van der Waals surface area contributed by atoms with E-state index in [9.17, 15) is 4.79 Å². The van der Waals surface area contributed by atoms with Crippen molar-refractivity contribution in [1.82, 2.24) is 0 Å². The van der Waals surface area contributed by atoms with Crippen molar-refractivity contribution in [3.05, 3.63) is 42.0 Å². The standard InChI is InChI=1S/C10H11NO2/c11-9-5-1-3-8(7-9)4-2-6-10(12)13/h1-3,5-7H,4,11H2,(H,12,13). The largest absolute Gasteiger partial charge is 0.478 e. The number of nitrogen functional groups attached to an aromatic ring is 1. The molecule has 0 saturated heterocycles. The average Bonchev–Trinajstić information content (AvgIpc) is 2.03. The van der Waals surface area contributed by atoms with Crippen LogP contribution in [0.2, 0.25) is 0 Å². The maximum Gasteiger partial charge on any atom is 0.327 e. The highest BCUT2D eigenvalue weighted by Gasteiger charge is 1.90. The number of benzene rings is 1. The molecule has 0 aliphatic rings. The summed E-state index contributed by atoms with van der Waals surface area (Å²) < 4.78 is 0. The first-order valence-electron chi connectivity index (χ1n) is 3.92. The summed E-state index contributed by atoms with van der Waals surface area (Å²) >= 11 is 0. The first-order chi connectivity index (χ1) is 6.18. The summed E-state index contributed by atoms with van der Waals surface area (Å²) in [6.07, 6.45) is 3.32. The van der Waals surface area contributed by atoms with E-state index in [1.54, 1.807) is 12.1 Å². The lowest BCUT2D eigenvalue weighted by Crippen LogP contribution is -1.89. The molecule has 3 nitrogen and oxygen atoms in total.